The summed E-state index contributed by atoms with van der Waals surface area (Å²) < 4.78 is 5.32. The van der Waals surface area contributed by atoms with E-state index >= 15 is 0 Å². The molecule has 5 heteroatoms. The van der Waals surface area contributed by atoms with Gasteiger partial charge < -0.3 is 9.72 Å². The first-order valence-corrected chi connectivity index (χ1v) is 7.14. The summed E-state index contributed by atoms with van der Waals surface area (Å²) >= 11 is 6.09. The zero-order valence-corrected chi connectivity index (χ0v) is 12.2. The lowest BCUT2D eigenvalue weighted by molar-refractivity contribution is 0.0340. The molecule has 1 fully saturated rings. The molecule has 1 N–H and O–H groups in total. The van der Waals surface area contributed by atoms with Crippen LogP contribution in [0.1, 0.15) is 11.1 Å². The molecule has 0 saturated carbocycles. The molecular formula is C15H17ClN2O2. The molecule has 0 aliphatic carbocycles. The van der Waals surface area contributed by atoms with Crippen molar-refractivity contribution in [3.05, 3.63) is 44.7 Å². The Bertz CT molecular complexity index is 690. The van der Waals surface area contributed by atoms with Crippen molar-refractivity contribution in [1.82, 2.24) is 9.88 Å². The summed E-state index contributed by atoms with van der Waals surface area (Å²) in [7, 11) is 0. The molecule has 3 rings (SSSR count). The summed E-state index contributed by atoms with van der Waals surface area (Å²) in [5.41, 5.74) is 2.62. The molecule has 1 aromatic carbocycles. The predicted octanol–water partition coefficient (Wildman–Crippen LogP) is 2.32. The molecule has 1 aliphatic rings. The Morgan fingerprint density at radius 1 is 1.35 bits per heavy atom. The van der Waals surface area contributed by atoms with Gasteiger partial charge in [-0.15, -0.1) is 0 Å². The number of ether oxygens (including phenoxy) is 1. The van der Waals surface area contributed by atoms with Crippen LogP contribution >= 0.6 is 11.6 Å². The smallest absolute Gasteiger partial charge is 0.193 e. The van der Waals surface area contributed by atoms with Crippen LogP contribution in [0.25, 0.3) is 10.9 Å². The Morgan fingerprint density at radius 2 is 2.10 bits per heavy atom. The van der Waals surface area contributed by atoms with Crippen molar-refractivity contribution in [2.75, 3.05) is 26.3 Å². The topological polar surface area (TPSA) is 45.3 Å². The van der Waals surface area contributed by atoms with Gasteiger partial charge in [-0.3, -0.25) is 9.69 Å². The average molecular weight is 293 g/mol. The minimum atomic E-state index is 0.0880. The van der Waals surface area contributed by atoms with Crippen LogP contribution in [-0.2, 0) is 11.3 Å². The van der Waals surface area contributed by atoms with Gasteiger partial charge in [-0.1, -0.05) is 11.6 Å². The second-order valence-corrected chi connectivity index (χ2v) is 5.53. The lowest BCUT2D eigenvalue weighted by Crippen LogP contribution is -2.36. The minimum Gasteiger partial charge on any atom is -0.379 e. The van der Waals surface area contributed by atoms with E-state index in [1.807, 2.05) is 13.1 Å². The van der Waals surface area contributed by atoms with E-state index in [0.29, 0.717) is 17.0 Å². The van der Waals surface area contributed by atoms with E-state index in [0.717, 1.165) is 42.9 Å². The second-order valence-electron chi connectivity index (χ2n) is 5.13. The van der Waals surface area contributed by atoms with Crippen LogP contribution in [-0.4, -0.2) is 36.2 Å². The standard InChI is InChI=1S/C15H17ClN2O2/c1-10-13(16)3-2-12-14(10)17-8-11(15(12)19)9-18-4-6-20-7-5-18/h2-3,8H,4-7,9H2,1H3,(H,17,19). The maximum absolute atomic E-state index is 12.5. The molecule has 1 aromatic heterocycles. The summed E-state index contributed by atoms with van der Waals surface area (Å²) in [6.45, 7) is 5.80. The van der Waals surface area contributed by atoms with E-state index in [1.165, 1.54) is 0 Å². The van der Waals surface area contributed by atoms with Crippen molar-refractivity contribution >= 4 is 22.5 Å². The highest BCUT2D eigenvalue weighted by atomic mass is 35.5. The van der Waals surface area contributed by atoms with E-state index in [4.69, 9.17) is 16.3 Å². The van der Waals surface area contributed by atoms with Gasteiger partial charge in [-0.05, 0) is 24.6 Å². The van der Waals surface area contributed by atoms with Crippen molar-refractivity contribution < 1.29 is 4.74 Å². The van der Waals surface area contributed by atoms with Gasteiger partial charge >= 0.3 is 0 Å². The minimum absolute atomic E-state index is 0.0880. The summed E-state index contributed by atoms with van der Waals surface area (Å²) in [4.78, 5) is 18.0. The van der Waals surface area contributed by atoms with Gasteiger partial charge in [0.15, 0.2) is 5.43 Å². The first-order chi connectivity index (χ1) is 9.66. The number of aromatic nitrogens is 1. The second kappa shape index (κ2) is 5.56. The molecule has 0 spiro atoms. The SMILES string of the molecule is Cc1c(Cl)ccc2c(=O)c(CN3CCOCC3)c[nH]c12. The Morgan fingerprint density at radius 3 is 2.85 bits per heavy atom. The molecule has 20 heavy (non-hydrogen) atoms. The number of hydrogen-bond acceptors (Lipinski definition) is 3. The van der Waals surface area contributed by atoms with Crippen LogP contribution in [0, 0.1) is 6.92 Å². The number of hydrogen-bond donors (Lipinski definition) is 1. The number of halogens is 1. The molecule has 1 saturated heterocycles. The van der Waals surface area contributed by atoms with Gasteiger partial charge in [0, 0.05) is 41.8 Å². The molecule has 0 bridgehead atoms. The number of pyridine rings is 1. The van der Waals surface area contributed by atoms with Crippen molar-refractivity contribution in [1.29, 1.82) is 0 Å². The number of morpholine rings is 1. The summed E-state index contributed by atoms with van der Waals surface area (Å²) in [6.07, 6.45) is 1.81. The first kappa shape index (κ1) is 13.6. The largest absolute Gasteiger partial charge is 0.379 e. The zero-order valence-electron chi connectivity index (χ0n) is 11.4. The summed E-state index contributed by atoms with van der Waals surface area (Å²) in [5.74, 6) is 0. The molecule has 0 amide bonds. The van der Waals surface area contributed by atoms with Gasteiger partial charge in [-0.25, -0.2) is 0 Å². The highest BCUT2D eigenvalue weighted by Gasteiger charge is 2.14. The fourth-order valence-corrected chi connectivity index (χ4v) is 2.73. The number of aromatic amines is 1. The van der Waals surface area contributed by atoms with Crippen LogP contribution < -0.4 is 5.43 Å². The molecule has 4 nitrogen and oxygen atoms in total. The third-order valence-corrected chi connectivity index (χ3v) is 4.23. The average Bonchev–Trinajstić information content (AvgIpc) is 2.47. The van der Waals surface area contributed by atoms with Gasteiger partial charge in [0.1, 0.15) is 0 Å². The van der Waals surface area contributed by atoms with Gasteiger partial charge in [0.05, 0.1) is 18.7 Å². The molecule has 106 valence electrons. The fraction of sp³-hybridized carbons (Fsp3) is 0.400. The molecule has 2 heterocycles. The number of nitrogens with one attached hydrogen (secondary N) is 1. The number of aryl methyl sites for hydroxylation is 1. The van der Waals surface area contributed by atoms with Crippen LogP contribution in [0.4, 0.5) is 0 Å². The molecule has 0 unspecified atom stereocenters. The van der Waals surface area contributed by atoms with Crippen molar-refractivity contribution in [3.63, 3.8) is 0 Å². The number of H-pyrrole nitrogens is 1. The van der Waals surface area contributed by atoms with E-state index < -0.39 is 0 Å². The highest BCUT2D eigenvalue weighted by Crippen LogP contribution is 2.22. The van der Waals surface area contributed by atoms with Crippen molar-refractivity contribution in [3.8, 4) is 0 Å². The van der Waals surface area contributed by atoms with E-state index in [-0.39, 0.29) is 5.43 Å². The Balaban J connectivity index is 1.99. The molecule has 1 aliphatic heterocycles. The molecular weight excluding hydrogens is 276 g/mol. The van der Waals surface area contributed by atoms with Gasteiger partial charge in [0.2, 0.25) is 0 Å². The summed E-state index contributed by atoms with van der Waals surface area (Å²) in [6, 6.07) is 3.58. The number of nitrogens with zero attached hydrogens (tertiary/aromatic N) is 1. The molecule has 2 aromatic rings. The van der Waals surface area contributed by atoms with Gasteiger partial charge in [-0.2, -0.15) is 0 Å². The van der Waals surface area contributed by atoms with E-state index in [1.54, 1.807) is 12.1 Å². The Kier molecular flexibility index (Phi) is 3.78. The highest BCUT2D eigenvalue weighted by molar-refractivity contribution is 6.32. The Hall–Kier alpha value is -1.36. The van der Waals surface area contributed by atoms with Gasteiger partial charge in [0.25, 0.3) is 0 Å². The van der Waals surface area contributed by atoms with Crippen molar-refractivity contribution in [2.24, 2.45) is 0 Å². The Labute approximate surface area is 122 Å². The number of fused-ring (bicyclic) bond motifs is 1. The molecule has 0 radical (unpaired) electrons. The lowest BCUT2D eigenvalue weighted by Gasteiger charge is -2.26. The first-order valence-electron chi connectivity index (χ1n) is 6.76. The fourth-order valence-electron chi connectivity index (χ4n) is 2.58. The third kappa shape index (κ3) is 2.46. The normalized spacial score (nSPS) is 16.7. The summed E-state index contributed by atoms with van der Waals surface area (Å²) in [5, 5.41) is 1.38. The van der Waals surface area contributed by atoms with E-state index in [9.17, 15) is 4.79 Å². The van der Waals surface area contributed by atoms with Crippen LogP contribution in [0.2, 0.25) is 5.02 Å². The van der Waals surface area contributed by atoms with Crippen molar-refractivity contribution in [2.45, 2.75) is 13.5 Å². The maximum atomic E-state index is 12.5. The quantitative estimate of drug-likeness (QED) is 0.924. The maximum Gasteiger partial charge on any atom is 0.193 e. The number of benzene rings is 1. The van der Waals surface area contributed by atoms with E-state index in [2.05, 4.69) is 9.88 Å². The monoisotopic (exact) mass is 292 g/mol. The van der Waals surface area contributed by atoms with Crippen LogP contribution in [0.15, 0.2) is 23.1 Å². The zero-order chi connectivity index (χ0) is 14.1. The van der Waals surface area contributed by atoms with Crippen LogP contribution in [0.5, 0.6) is 0 Å². The number of rotatable bonds is 2. The third-order valence-electron chi connectivity index (χ3n) is 3.82. The lowest BCUT2D eigenvalue weighted by atomic mass is 10.1. The molecule has 0 atom stereocenters. The predicted molar refractivity (Wildman–Crippen MR) is 80.4 cm³/mol. The van der Waals surface area contributed by atoms with Crippen LogP contribution in [0.3, 0.4) is 0 Å².